The molecule has 0 unspecified atom stereocenters. The minimum atomic E-state index is -0.384. The van der Waals surface area contributed by atoms with Crippen molar-refractivity contribution in [2.75, 3.05) is 13.7 Å². The fraction of sp³-hybridized carbons (Fsp3) is 0.300. The molecule has 2 aromatic rings. The summed E-state index contributed by atoms with van der Waals surface area (Å²) in [4.78, 5) is 0. The summed E-state index contributed by atoms with van der Waals surface area (Å²) in [7, 11) is 1.64. The molecule has 4 heteroatoms. The molecule has 0 spiro atoms. The van der Waals surface area contributed by atoms with Crippen molar-refractivity contribution in [3.8, 4) is 5.75 Å². The molecule has 0 amide bonds. The lowest BCUT2D eigenvalue weighted by molar-refractivity contribution is -0.107. The molecule has 0 saturated heterocycles. The molecule has 4 nitrogen and oxygen atoms in total. The third-order valence-electron chi connectivity index (χ3n) is 4.05. The zero-order valence-corrected chi connectivity index (χ0v) is 13.7. The van der Waals surface area contributed by atoms with Gasteiger partial charge in [0.25, 0.3) is 0 Å². The van der Waals surface area contributed by atoms with Crippen LogP contribution in [0.15, 0.2) is 66.7 Å². The summed E-state index contributed by atoms with van der Waals surface area (Å²) in [6.45, 7) is 0.346. The van der Waals surface area contributed by atoms with Gasteiger partial charge < -0.3 is 19.3 Å². The summed E-state index contributed by atoms with van der Waals surface area (Å²) in [5.74, 6) is 0.800. The van der Waals surface area contributed by atoms with Crippen molar-refractivity contribution < 1.29 is 19.3 Å². The SMILES string of the molecule is COc1cccc(CO[C@H]2C=C[C@@H](c3ccccc3)O[C@H]2CO)c1. The zero-order chi connectivity index (χ0) is 16.8. The third kappa shape index (κ3) is 4.03. The second-order valence-corrected chi connectivity index (χ2v) is 5.70. The molecule has 0 saturated carbocycles. The van der Waals surface area contributed by atoms with Crippen molar-refractivity contribution in [2.45, 2.75) is 24.9 Å². The quantitative estimate of drug-likeness (QED) is 0.828. The summed E-state index contributed by atoms with van der Waals surface area (Å²) in [5.41, 5.74) is 2.09. The fourth-order valence-corrected chi connectivity index (χ4v) is 2.74. The molecule has 1 heterocycles. The van der Waals surface area contributed by atoms with Crippen molar-refractivity contribution in [2.24, 2.45) is 0 Å². The smallest absolute Gasteiger partial charge is 0.119 e. The van der Waals surface area contributed by atoms with Gasteiger partial charge in [0.05, 0.1) is 20.3 Å². The maximum absolute atomic E-state index is 9.65. The van der Waals surface area contributed by atoms with Crippen LogP contribution in [0.25, 0.3) is 0 Å². The average Bonchev–Trinajstić information content (AvgIpc) is 2.67. The summed E-state index contributed by atoms with van der Waals surface area (Å²) < 4.78 is 17.1. The Hall–Kier alpha value is -2.14. The van der Waals surface area contributed by atoms with Crippen molar-refractivity contribution >= 4 is 0 Å². The van der Waals surface area contributed by atoms with Crippen LogP contribution in [0.4, 0.5) is 0 Å². The molecule has 0 aromatic heterocycles. The van der Waals surface area contributed by atoms with Crippen LogP contribution in [0, 0.1) is 0 Å². The van der Waals surface area contributed by atoms with Crippen LogP contribution < -0.4 is 4.74 Å². The summed E-state index contributed by atoms with van der Waals surface area (Å²) in [6.07, 6.45) is 3.15. The number of aliphatic hydroxyl groups excluding tert-OH is 1. The lowest BCUT2D eigenvalue weighted by Crippen LogP contribution is -2.37. The van der Waals surface area contributed by atoms with Gasteiger partial charge in [0, 0.05) is 0 Å². The monoisotopic (exact) mass is 326 g/mol. The zero-order valence-electron chi connectivity index (χ0n) is 13.7. The molecule has 126 valence electrons. The lowest BCUT2D eigenvalue weighted by Gasteiger charge is -2.31. The summed E-state index contributed by atoms with van der Waals surface area (Å²) >= 11 is 0. The van der Waals surface area contributed by atoms with E-state index >= 15 is 0 Å². The summed E-state index contributed by atoms with van der Waals surface area (Å²) in [5, 5.41) is 9.65. The van der Waals surface area contributed by atoms with E-state index < -0.39 is 0 Å². The molecule has 3 atom stereocenters. The average molecular weight is 326 g/mol. The largest absolute Gasteiger partial charge is 0.497 e. The highest BCUT2D eigenvalue weighted by molar-refractivity contribution is 5.28. The van der Waals surface area contributed by atoms with Crippen LogP contribution in [0.5, 0.6) is 5.75 Å². The normalized spacial score (nSPS) is 23.2. The van der Waals surface area contributed by atoms with Crippen LogP contribution in [-0.2, 0) is 16.1 Å². The Morgan fingerprint density at radius 3 is 2.62 bits per heavy atom. The molecule has 0 fully saturated rings. The van der Waals surface area contributed by atoms with Gasteiger partial charge in [0.1, 0.15) is 24.1 Å². The van der Waals surface area contributed by atoms with Gasteiger partial charge >= 0.3 is 0 Å². The first-order valence-electron chi connectivity index (χ1n) is 8.04. The van der Waals surface area contributed by atoms with E-state index in [2.05, 4.69) is 0 Å². The number of hydrogen-bond donors (Lipinski definition) is 1. The first-order chi connectivity index (χ1) is 11.8. The number of rotatable bonds is 6. The Bertz CT molecular complexity index is 668. The second kappa shape index (κ2) is 8.11. The Morgan fingerprint density at radius 2 is 1.88 bits per heavy atom. The Kier molecular flexibility index (Phi) is 5.64. The maximum atomic E-state index is 9.65. The third-order valence-corrected chi connectivity index (χ3v) is 4.05. The number of ether oxygens (including phenoxy) is 3. The van der Waals surface area contributed by atoms with E-state index in [1.807, 2.05) is 66.7 Å². The predicted molar refractivity (Wildman–Crippen MR) is 91.9 cm³/mol. The molecular formula is C20H22O4. The van der Waals surface area contributed by atoms with Crippen LogP contribution >= 0.6 is 0 Å². The van der Waals surface area contributed by atoms with Crippen LogP contribution in [0.2, 0.25) is 0 Å². The van der Waals surface area contributed by atoms with Crippen LogP contribution in [-0.4, -0.2) is 31.0 Å². The number of hydrogen-bond acceptors (Lipinski definition) is 4. The standard InChI is InChI=1S/C20H22O4/c1-22-17-9-5-6-15(12-17)14-23-19-11-10-18(24-20(19)13-21)16-7-3-2-4-8-16/h2-12,18-21H,13-14H2,1H3/t18-,19-,20-/m0/s1. The molecule has 3 rings (SSSR count). The van der Waals surface area contributed by atoms with Gasteiger partial charge in [0.15, 0.2) is 0 Å². The van der Waals surface area contributed by atoms with Crippen molar-refractivity contribution in [1.29, 1.82) is 0 Å². The molecule has 2 aromatic carbocycles. The number of benzene rings is 2. The van der Waals surface area contributed by atoms with E-state index in [4.69, 9.17) is 14.2 Å². The van der Waals surface area contributed by atoms with E-state index in [9.17, 15) is 5.11 Å². The van der Waals surface area contributed by atoms with E-state index in [0.717, 1.165) is 16.9 Å². The minimum Gasteiger partial charge on any atom is -0.497 e. The molecule has 1 aliphatic heterocycles. The van der Waals surface area contributed by atoms with Gasteiger partial charge in [0.2, 0.25) is 0 Å². The number of methoxy groups -OCH3 is 1. The van der Waals surface area contributed by atoms with Gasteiger partial charge in [-0.2, -0.15) is 0 Å². The first-order valence-corrected chi connectivity index (χ1v) is 8.04. The molecular weight excluding hydrogens is 304 g/mol. The van der Waals surface area contributed by atoms with Crippen molar-refractivity contribution in [3.63, 3.8) is 0 Å². The van der Waals surface area contributed by atoms with Gasteiger partial charge in [-0.25, -0.2) is 0 Å². The number of aliphatic hydroxyl groups is 1. The van der Waals surface area contributed by atoms with Crippen LogP contribution in [0.3, 0.4) is 0 Å². The molecule has 1 N–H and O–H groups in total. The molecule has 24 heavy (non-hydrogen) atoms. The highest BCUT2D eigenvalue weighted by atomic mass is 16.6. The van der Waals surface area contributed by atoms with Crippen molar-refractivity contribution in [3.05, 3.63) is 77.9 Å². The van der Waals surface area contributed by atoms with Crippen molar-refractivity contribution in [1.82, 2.24) is 0 Å². The second-order valence-electron chi connectivity index (χ2n) is 5.70. The van der Waals surface area contributed by atoms with Gasteiger partial charge in [-0.05, 0) is 23.3 Å². The fourth-order valence-electron chi connectivity index (χ4n) is 2.74. The molecule has 0 radical (unpaired) electrons. The van der Waals surface area contributed by atoms with Crippen LogP contribution in [0.1, 0.15) is 17.2 Å². The minimum absolute atomic E-state index is 0.0869. The Labute approximate surface area is 142 Å². The Balaban J connectivity index is 1.65. The highest BCUT2D eigenvalue weighted by Gasteiger charge is 2.28. The summed E-state index contributed by atoms with van der Waals surface area (Å²) in [6, 6.07) is 17.7. The van der Waals surface area contributed by atoms with E-state index in [-0.39, 0.29) is 24.9 Å². The van der Waals surface area contributed by atoms with E-state index in [1.54, 1.807) is 7.11 Å². The molecule has 1 aliphatic rings. The maximum Gasteiger partial charge on any atom is 0.119 e. The molecule has 0 bridgehead atoms. The van der Waals surface area contributed by atoms with E-state index in [1.165, 1.54) is 0 Å². The van der Waals surface area contributed by atoms with Gasteiger partial charge in [-0.1, -0.05) is 54.6 Å². The highest BCUT2D eigenvalue weighted by Crippen LogP contribution is 2.28. The predicted octanol–water partition coefficient (Wildman–Crippen LogP) is 3.27. The lowest BCUT2D eigenvalue weighted by atomic mass is 10.0. The topological polar surface area (TPSA) is 47.9 Å². The Morgan fingerprint density at radius 1 is 1.04 bits per heavy atom. The van der Waals surface area contributed by atoms with E-state index in [0.29, 0.717) is 6.61 Å². The van der Waals surface area contributed by atoms with Gasteiger partial charge in [-0.15, -0.1) is 0 Å². The first kappa shape index (κ1) is 16.7. The van der Waals surface area contributed by atoms with Gasteiger partial charge in [-0.3, -0.25) is 0 Å². The molecule has 0 aliphatic carbocycles.